The van der Waals surface area contributed by atoms with E-state index >= 15 is 0 Å². The summed E-state index contributed by atoms with van der Waals surface area (Å²) in [6, 6.07) is 5.62. The molecular weight excluding hydrogens is 272 g/mol. The van der Waals surface area contributed by atoms with Gasteiger partial charge >= 0.3 is 0 Å². The van der Waals surface area contributed by atoms with Crippen molar-refractivity contribution in [1.29, 1.82) is 0 Å². The predicted molar refractivity (Wildman–Crippen MR) is 85.1 cm³/mol. The Bertz CT molecular complexity index is 534. The third kappa shape index (κ3) is 4.32. The quantitative estimate of drug-likeness (QED) is 0.594. The minimum Gasteiger partial charge on any atom is -0.358 e. The van der Waals surface area contributed by atoms with Crippen LogP contribution in [0.1, 0.15) is 5.56 Å². The van der Waals surface area contributed by atoms with Crippen LogP contribution in [-0.4, -0.2) is 37.5 Å². The van der Waals surface area contributed by atoms with Crippen molar-refractivity contribution in [3.63, 3.8) is 0 Å². The Morgan fingerprint density at radius 1 is 1.55 bits per heavy atom. The molecule has 0 aliphatic rings. The minimum absolute atomic E-state index is 0.0378. The van der Waals surface area contributed by atoms with E-state index in [1.165, 1.54) is 4.90 Å². The van der Waals surface area contributed by atoms with Crippen molar-refractivity contribution in [2.45, 2.75) is 6.92 Å². The third-order valence-corrected chi connectivity index (χ3v) is 3.18. The number of aryl methyl sites for hydroxylation is 1. The van der Waals surface area contributed by atoms with Crippen LogP contribution in [0, 0.1) is 19.3 Å². The van der Waals surface area contributed by atoms with E-state index in [-0.39, 0.29) is 12.5 Å². The number of carbonyl (C=O) groups is 1. The van der Waals surface area contributed by atoms with Gasteiger partial charge in [0.2, 0.25) is 5.91 Å². The summed E-state index contributed by atoms with van der Waals surface area (Å²) >= 11 is 6.04. The number of hydrogen-bond acceptors (Lipinski definition) is 2. The Morgan fingerprint density at radius 3 is 2.85 bits per heavy atom. The van der Waals surface area contributed by atoms with Gasteiger partial charge in [0.25, 0.3) is 0 Å². The highest BCUT2D eigenvalue weighted by Gasteiger charge is 2.15. The maximum atomic E-state index is 12.1. The first-order chi connectivity index (χ1) is 9.49. The topological polar surface area (TPSA) is 23.6 Å². The number of rotatable bonds is 6. The summed E-state index contributed by atoms with van der Waals surface area (Å²) in [5.74, 6) is 2.42. The summed E-state index contributed by atoms with van der Waals surface area (Å²) in [5.41, 5.74) is 1.99. The number of hydrogen-bond donors (Lipinski definition) is 0. The van der Waals surface area contributed by atoms with Crippen molar-refractivity contribution < 1.29 is 4.79 Å². The first-order valence-corrected chi connectivity index (χ1v) is 6.66. The van der Waals surface area contributed by atoms with Gasteiger partial charge in [0, 0.05) is 24.3 Å². The lowest BCUT2D eigenvalue weighted by atomic mass is 10.1. The summed E-state index contributed by atoms with van der Waals surface area (Å²) in [5, 5.41) is 0.643. The van der Waals surface area contributed by atoms with E-state index in [1.54, 1.807) is 13.1 Å². The largest absolute Gasteiger partial charge is 0.358 e. The molecule has 106 valence electrons. The second-order valence-corrected chi connectivity index (χ2v) is 4.99. The molecule has 0 N–H and O–H groups in total. The second kappa shape index (κ2) is 7.62. The molecule has 0 heterocycles. The molecule has 4 heteroatoms. The van der Waals surface area contributed by atoms with Crippen LogP contribution < -0.4 is 4.90 Å². The lowest BCUT2D eigenvalue weighted by Crippen LogP contribution is -2.39. The molecule has 20 heavy (non-hydrogen) atoms. The van der Waals surface area contributed by atoms with Crippen LogP contribution in [-0.2, 0) is 4.79 Å². The van der Waals surface area contributed by atoms with Gasteiger partial charge < -0.3 is 9.80 Å². The zero-order valence-electron chi connectivity index (χ0n) is 11.9. The molecule has 0 aliphatic carbocycles. The first kappa shape index (κ1) is 16.1. The van der Waals surface area contributed by atoms with Crippen molar-refractivity contribution in [1.82, 2.24) is 4.90 Å². The molecule has 0 bridgehead atoms. The molecule has 1 amide bonds. The van der Waals surface area contributed by atoms with E-state index in [4.69, 9.17) is 18.0 Å². The number of halogens is 1. The maximum absolute atomic E-state index is 12.1. The van der Waals surface area contributed by atoms with Crippen molar-refractivity contribution in [3.05, 3.63) is 41.4 Å². The third-order valence-electron chi connectivity index (χ3n) is 2.94. The molecule has 0 saturated heterocycles. The van der Waals surface area contributed by atoms with Crippen molar-refractivity contribution >= 4 is 23.2 Å². The molecular formula is C16H19ClN2O. The Morgan fingerprint density at radius 2 is 2.25 bits per heavy atom. The highest BCUT2D eigenvalue weighted by Crippen LogP contribution is 2.24. The average molecular weight is 291 g/mol. The van der Waals surface area contributed by atoms with Crippen LogP contribution in [0.5, 0.6) is 0 Å². The van der Waals surface area contributed by atoms with Crippen molar-refractivity contribution in [3.8, 4) is 12.3 Å². The van der Waals surface area contributed by atoms with Gasteiger partial charge in [-0.1, -0.05) is 29.7 Å². The van der Waals surface area contributed by atoms with Crippen molar-refractivity contribution in [2.24, 2.45) is 0 Å². The minimum atomic E-state index is -0.0378. The lowest BCUT2D eigenvalue weighted by molar-refractivity contribution is -0.127. The lowest BCUT2D eigenvalue weighted by Gasteiger charge is -2.26. The molecule has 1 rings (SSSR count). The fourth-order valence-electron chi connectivity index (χ4n) is 1.84. The van der Waals surface area contributed by atoms with Gasteiger partial charge in [0.15, 0.2) is 0 Å². The highest BCUT2D eigenvalue weighted by molar-refractivity contribution is 6.30. The molecule has 0 radical (unpaired) electrons. The Balaban J connectivity index is 2.94. The highest BCUT2D eigenvalue weighted by atomic mass is 35.5. The SMILES string of the molecule is C#CCN(C)C(=O)CN(CC=C)c1cc(Cl)ccc1C. The van der Waals surface area contributed by atoms with Gasteiger partial charge in [-0.15, -0.1) is 13.0 Å². The number of terminal acetylenes is 1. The standard InChI is InChI=1S/C16H19ClN2O/c1-5-9-18(4)16(20)12-19(10-6-2)15-11-14(17)8-7-13(15)3/h1,6-8,11H,2,9-10,12H2,3-4H3. The van der Waals surface area contributed by atoms with Gasteiger partial charge in [-0.05, 0) is 24.6 Å². The molecule has 1 aromatic rings. The van der Waals surface area contributed by atoms with E-state index in [1.807, 2.05) is 30.0 Å². The number of likely N-dealkylation sites (N-methyl/N-ethyl adjacent to an activating group) is 1. The van der Waals surface area contributed by atoms with Crippen LogP contribution in [0.3, 0.4) is 0 Å². The summed E-state index contributed by atoms with van der Waals surface area (Å²) < 4.78 is 0. The summed E-state index contributed by atoms with van der Waals surface area (Å²) in [6.45, 7) is 6.83. The zero-order chi connectivity index (χ0) is 15.1. The normalized spacial score (nSPS) is 9.70. The molecule has 1 aromatic carbocycles. The zero-order valence-corrected chi connectivity index (χ0v) is 12.7. The molecule has 0 spiro atoms. The summed E-state index contributed by atoms with van der Waals surface area (Å²) in [6.07, 6.45) is 6.98. The Kier molecular flexibility index (Phi) is 6.14. The van der Waals surface area contributed by atoms with Crippen LogP contribution in [0.2, 0.25) is 5.02 Å². The number of amides is 1. The average Bonchev–Trinajstić information content (AvgIpc) is 2.41. The number of anilines is 1. The summed E-state index contributed by atoms with van der Waals surface area (Å²) in [7, 11) is 1.69. The van der Waals surface area contributed by atoms with Crippen LogP contribution >= 0.6 is 11.6 Å². The van der Waals surface area contributed by atoms with Crippen LogP contribution in [0.15, 0.2) is 30.9 Å². The maximum Gasteiger partial charge on any atom is 0.242 e. The van der Waals surface area contributed by atoms with E-state index in [0.29, 0.717) is 18.1 Å². The number of benzene rings is 1. The molecule has 0 unspecified atom stereocenters. The van der Waals surface area contributed by atoms with E-state index < -0.39 is 0 Å². The fraction of sp³-hybridized carbons (Fsp3) is 0.312. The summed E-state index contributed by atoms with van der Waals surface area (Å²) in [4.78, 5) is 15.6. The van der Waals surface area contributed by atoms with Gasteiger partial charge in [0.05, 0.1) is 13.1 Å². The smallest absolute Gasteiger partial charge is 0.242 e. The first-order valence-electron chi connectivity index (χ1n) is 6.29. The Hall–Kier alpha value is -1.92. The fourth-order valence-corrected chi connectivity index (χ4v) is 2.00. The van der Waals surface area contributed by atoms with Crippen molar-refractivity contribution in [2.75, 3.05) is 31.6 Å². The van der Waals surface area contributed by atoms with Gasteiger partial charge in [-0.3, -0.25) is 4.79 Å². The van der Waals surface area contributed by atoms with Crippen LogP contribution in [0.4, 0.5) is 5.69 Å². The van der Waals surface area contributed by atoms with Crippen LogP contribution in [0.25, 0.3) is 0 Å². The van der Waals surface area contributed by atoms with E-state index in [9.17, 15) is 4.79 Å². The molecule has 0 aromatic heterocycles. The Labute approximate surface area is 125 Å². The van der Waals surface area contributed by atoms with Gasteiger partial charge in [0.1, 0.15) is 0 Å². The molecule has 0 atom stereocenters. The van der Waals surface area contributed by atoms with E-state index in [2.05, 4.69) is 12.5 Å². The van der Waals surface area contributed by atoms with Gasteiger partial charge in [-0.2, -0.15) is 0 Å². The molecule has 0 saturated carbocycles. The number of carbonyl (C=O) groups excluding carboxylic acids is 1. The molecule has 0 fully saturated rings. The monoisotopic (exact) mass is 290 g/mol. The van der Waals surface area contributed by atoms with Gasteiger partial charge in [-0.25, -0.2) is 0 Å². The number of nitrogens with zero attached hydrogens (tertiary/aromatic N) is 2. The molecule has 3 nitrogen and oxygen atoms in total. The second-order valence-electron chi connectivity index (χ2n) is 4.55. The molecule has 0 aliphatic heterocycles. The van der Waals surface area contributed by atoms with E-state index in [0.717, 1.165) is 11.3 Å². The predicted octanol–water partition coefficient (Wildman–Crippen LogP) is 2.73.